The Morgan fingerprint density at radius 3 is 1.96 bits per heavy atom. The highest BCUT2D eigenvalue weighted by molar-refractivity contribution is 6.31. The van der Waals surface area contributed by atoms with E-state index in [-0.39, 0.29) is 11.1 Å². The summed E-state index contributed by atoms with van der Waals surface area (Å²) in [5.41, 5.74) is 2.39. The van der Waals surface area contributed by atoms with Gasteiger partial charge in [-0.2, -0.15) is 0 Å². The third-order valence-electron chi connectivity index (χ3n) is 3.63. The molecule has 0 aliphatic carbocycles. The molecule has 0 aliphatic rings. The number of halogens is 2. The molecular formula is C20H17ClFNO2. The molecule has 0 saturated heterocycles. The van der Waals surface area contributed by atoms with Gasteiger partial charge in [0, 0.05) is 10.6 Å². The summed E-state index contributed by atoms with van der Waals surface area (Å²) >= 11 is 5.91. The van der Waals surface area contributed by atoms with Crippen LogP contribution in [-0.2, 0) is 9.59 Å². The van der Waals surface area contributed by atoms with Gasteiger partial charge in [0.1, 0.15) is 5.82 Å². The van der Waals surface area contributed by atoms with Gasteiger partial charge >= 0.3 is 0 Å². The topological polar surface area (TPSA) is 46.2 Å². The predicted molar refractivity (Wildman–Crippen MR) is 98.3 cm³/mol. The number of hydrogen-bond acceptors (Lipinski definition) is 2. The SMILES string of the molecule is C=C(C)C(=O)NC(=O)/C(=C(\C)c1ccc(Cl)cc1)c1ccc(F)cc1. The van der Waals surface area contributed by atoms with E-state index in [1.54, 1.807) is 31.2 Å². The maximum Gasteiger partial charge on any atom is 0.259 e. The fraction of sp³-hybridized carbons (Fsp3) is 0.100. The molecule has 0 heterocycles. The van der Waals surface area contributed by atoms with Crippen molar-refractivity contribution in [2.75, 3.05) is 0 Å². The third-order valence-corrected chi connectivity index (χ3v) is 3.88. The average Bonchev–Trinajstić information content (AvgIpc) is 2.57. The first-order valence-electron chi connectivity index (χ1n) is 7.53. The Labute approximate surface area is 150 Å². The van der Waals surface area contributed by atoms with E-state index in [2.05, 4.69) is 11.9 Å². The van der Waals surface area contributed by atoms with Crippen molar-refractivity contribution >= 4 is 34.6 Å². The smallest absolute Gasteiger partial charge is 0.259 e. The lowest BCUT2D eigenvalue weighted by atomic mass is 9.95. The van der Waals surface area contributed by atoms with E-state index in [0.717, 1.165) is 5.56 Å². The lowest BCUT2D eigenvalue weighted by molar-refractivity contribution is -0.125. The van der Waals surface area contributed by atoms with Crippen molar-refractivity contribution < 1.29 is 14.0 Å². The van der Waals surface area contributed by atoms with Gasteiger partial charge in [-0.3, -0.25) is 14.9 Å². The molecule has 0 aromatic heterocycles. The monoisotopic (exact) mass is 357 g/mol. The van der Waals surface area contributed by atoms with Crippen LogP contribution in [0.4, 0.5) is 4.39 Å². The second-order valence-electron chi connectivity index (χ2n) is 5.58. The zero-order chi connectivity index (χ0) is 18.6. The van der Waals surface area contributed by atoms with Crippen LogP contribution in [0.1, 0.15) is 25.0 Å². The number of rotatable bonds is 4. The van der Waals surface area contributed by atoms with E-state index in [9.17, 15) is 14.0 Å². The van der Waals surface area contributed by atoms with Crippen molar-refractivity contribution in [1.29, 1.82) is 0 Å². The number of carbonyl (C=O) groups is 2. The maximum atomic E-state index is 13.2. The Hall–Kier alpha value is -2.72. The van der Waals surface area contributed by atoms with E-state index in [1.165, 1.54) is 31.2 Å². The first-order valence-corrected chi connectivity index (χ1v) is 7.91. The fourth-order valence-corrected chi connectivity index (χ4v) is 2.38. The average molecular weight is 358 g/mol. The molecule has 0 bridgehead atoms. The van der Waals surface area contributed by atoms with Gasteiger partial charge in [0.2, 0.25) is 0 Å². The number of hydrogen-bond donors (Lipinski definition) is 1. The van der Waals surface area contributed by atoms with Crippen LogP contribution >= 0.6 is 11.6 Å². The summed E-state index contributed by atoms with van der Waals surface area (Å²) in [4.78, 5) is 24.5. The number of nitrogens with one attached hydrogen (secondary N) is 1. The molecule has 2 aromatic rings. The van der Waals surface area contributed by atoms with E-state index in [4.69, 9.17) is 11.6 Å². The normalized spacial score (nSPS) is 11.5. The van der Waals surface area contributed by atoms with Crippen molar-refractivity contribution in [2.45, 2.75) is 13.8 Å². The number of benzene rings is 2. The molecule has 0 fully saturated rings. The zero-order valence-electron chi connectivity index (χ0n) is 13.9. The molecule has 5 heteroatoms. The molecule has 1 N–H and O–H groups in total. The van der Waals surface area contributed by atoms with Gasteiger partial charge in [0.05, 0.1) is 5.57 Å². The van der Waals surface area contributed by atoms with Crippen molar-refractivity contribution in [3.05, 3.63) is 82.6 Å². The zero-order valence-corrected chi connectivity index (χ0v) is 14.7. The van der Waals surface area contributed by atoms with Crippen LogP contribution in [0.15, 0.2) is 60.7 Å². The molecule has 25 heavy (non-hydrogen) atoms. The standard InChI is InChI=1S/C20H17ClFNO2/c1-12(2)19(24)23-20(25)18(15-6-10-17(22)11-7-15)13(3)14-4-8-16(21)9-5-14/h4-11H,1H2,2-3H3,(H,23,24,25)/b18-13+. The van der Waals surface area contributed by atoms with Crippen LogP contribution in [0.25, 0.3) is 11.1 Å². The van der Waals surface area contributed by atoms with Crippen molar-refractivity contribution in [3.8, 4) is 0 Å². The van der Waals surface area contributed by atoms with Gasteiger partial charge in [-0.15, -0.1) is 0 Å². The van der Waals surface area contributed by atoms with E-state index in [0.29, 0.717) is 16.2 Å². The van der Waals surface area contributed by atoms with Crippen LogP contribution in [0.5, 0.6) is 0 Å². The van der Waals surface area contributed by atoms with Crippen LogP contribution in [0.2, 0.25) is 5.02 Å². The Morgan fingerprint density at radius 1 is 0.920 bits per heavy atom. The predicted octanol–water partition coefficient (Wildman–Crippen LogP) is 4.63. The van der Waals surface area contributed by atoms with E-state index in [1.807, 2.05) is 0 Å². The number of carbonyl (C=O) groups excluding carboxylic acids is 2. The molecule has 128 valence electrons. The maximum absolute atomic E-state index is 13.2. The Balaban J connectivity index is 2.55. The molecule has 0 aliphatic heterocycles. The van der Waals surface area contributed by atoms with Gasteiger partial charge < -0.3 is 0 Å². The molecule has 2 aromatic carbocycles. The van der Waals surface area contributed by atoms with Crippen molar-refractivity contribution in [1.82, 2.24) is 5.32 Å². The van der Waals surface area contributed by atoms with Gasteiger partial charge in [-0.05, 0) is 54.8 Å². The van der Waals surface area contributed by atoms with Crippen molar-refractivity contribution in [2.24, 2.45) is 0 Å². The Morgan fingerprint density at radius 2 is 1.44 bits per heavy atom. The van der Waals surface area contributed by atoms with Gasteiger partial charge in [0.25, 0.3) is 11.8 Å². The third kappa shape index (κ3) is 4.64. The van der Waals surface area contributed by atoms with Gasteiger partial charge in [-0.25, -0.2) is 4.39 Å². The highest BCUT2D eigenvalue weighted by Gasteiger charge is 2.19. The molecule has 2 amide bonds. The van der Waals surface area contributed by atoms with Gasteiger partial charge in [0.15, 0.2) is 0 Å². The Kier molecular flexibility index (Phi) is 5.88. The first-order chi connectivity index (χ1) is 11.8. The summed E-state index contributed by atoms with van der Waals surface area (Å²) in [5.74, 6) is -1.55. The quantitative estimate of drug-likeness (QED) is 0.640. The summed E-state index contributed by atoms with van der Waals surface area (Å²) < 4.78 is 13.2. The highest BCUT2D eigenvalue weighted by atomic mass is 35.5. The van der Waals surface area contributed by atoms with Crippen LogP contribution in [0.3, 0.4) is 0 Å². The lowest BCUT2D eigenvalue weighted by Gasteiger charge is -2.13. The molecule has 0 radical (unpaired) electrons. The number of imide groups is 1. The minimum absolute atomic E-state index is 0.218. The van der Waals surface area contributed by atoms with Crippen LogP contribution < -0.4 is 5.32 Å². The summed E-state index contributed by atoms with van der Waals surface area (Å²) in [6.07, 6.45) is 0. The molecule has 2 rings (SSSR count). The molecule has 0 atom stereocenters. The van der Waals surface area contributed by atoms with E-state index >= 15 is 0 Å². The minimum atomic E-state index is -0.577. The van der Waals surface area contributed by atoms with E-state index < -0.39 is 17.6 Å². The lowest BCUT2D eigenvalue weighted by Crippen LogP contribution is -2.31. The molecule has 0 unspecified atom stereocenters. The largest absolute Gasteiger partial charge is 0.288 e. The van der Waals surface area contributed by atoms with Gasteiger partial charge in [-0.1, -0.05) is 42.4 Å². The number of allylic oxidation sites excluding steroid dienone is 1. The fourth-order valence-electron chi connectivity index (χ4n) is 2.25. The highest BCUT2D eigenvalue weighted by Crippen LogP contribution is 2.27. The second kappa shape index (κ2) is 7.90. The minimum Gasteiger partial charge on any atom is -0.288 e. The molecule has 0 spiro atoms. The summed E-state index contributed by atoms with van der Waals surface area (Å²) in [5, 5.41) is 2.87. The van der Waals surface area contributed by atoms with Crippen LogP contribution in [0, 0.1) is 5.82 Å². The Bertz CT molecular complexity index is 852. The molecule has 3 nitrogen and oxygen atoms in total. The molecular weight excluding hydrogens is 341 g/mol. The summed E-state index contributed by atoms with van der Waals surface area (Å²) in [6.45, 7) is 6.79. The molecule has 0 saturated carbocycles. The van der Waals surface area contributed by atoms with Crippen LogP contribution in [-0.4, -0.2) is 11.8 Å². The summed E-state index contributed by atoms with van der Waals surface area (Å²) in [7, 11) is 0. The summed E-state index contributed by atoms with van der Waals surface area (Å²) in [6, 6.07) is 12.5. The number of amides is 2. The van der Waals surface area contributed by atoms with Crippen molar-refractivity contribution in [3.63, 3.8) is 0 Å². The first kappa shape index (κ1) is 18.6. The second-order valence-corrected chi connectivity index (χ2v) is 6.01.